The van der Waals surface area contributed by atoms with Gasteiger partial charge in [0.1, 0.15) is 0 Å². The van der Waals surface area contributed by atoms with E-state index in [-0.39, 0.29) is 0 Å². The van der Waals surface area contributed by atoms with Gasteiger partial charge < -0.3 is 9.80 Å². The zero-order chi connectivity index (χ0) is 13.0. The molecule has 2 atom stereocenters. The van der Waals surface area contributed by atoms with Crippen LogP contribution < -0.4 is 11.3 Å². The first-order valence-electron chi connectivity index (χ1n) is 6.55. The summed E-state index contributed by atoms with van der Waals surface area (Å²) >= 11 is 1.75. The third-order valence-corrected chi connectivity index (χ3v) is 4.57. The molecule has 0 bridgehead atoms. The van der Waals surface area contributed by atoms with Gasteiger partial charge >= 0.3 is 0 Å². The van der Waals surface area contributed by atoms with E-state index < -0.39 is 0 Å². The fourth-order valence-corrected chi connectivity index (χ4v) is 3.27. The van der Waals surface area contributed by atoms with Crippen LogP contribution in [0.5, 0.6) is 0 Å². The van der Waals surface area contributed by atoms with Gasteiger partial charge in [-0.05, 0) is 49.3 Å². The maximum atomic E-state index is 5.71. The molecule has 2 rings (SSSR count). The lowest BCUT2D eigenvalue weighted by atomic mass is 9.99. The summed E-state index contributed by atoms with van der Waals surface area (Å²) in [6.45, 7) is 3.45. The van der Waals surface area contributed by atoms with Crippen LogP contribution in [0.3, 0.4) is 0 Å². The maximum absolute atomic E-state index is 5.71. The Labute approximate surface area is 114 Å². The van der Waals surface area contributed by atoms with E-state index in [0.717, 1.165) is 32.5 Å². The smallest absolute Gasteiger partial charge is 0.0266 e. The molecule has 1 saturated heterocycles. The predicted octanol–water partition coefficient (Wildman–Crippen LogP) is 0.758. The van der Waals surface area contributed by atoms with Crippen LogP contribution in [-0.2, 0) is 6.42 Å². The number of nitrogens with two attached hydrogens (primary N) is 1. The van der Waals surface area contributed by atoms with E-state index >= 15 is 0 Å². The van der Waals surface area contributed by atoms with Crippen molar-refractivity contribution in [3.8, 4) is 0 Å². The third-order valence-electron chi connectivity index (χ3n) is 3.83. The standard InChI is InChI=1S/C13H24N4S/c1-16-4-5-17(2)13(9-16)8-12(15-14)7-11-3-6-18-10-11/h3,6,10,12-13,15H,4-5,7-9,14H2,1-2H3. The first-order chi connectivity index (χ1) is 8.69. The van der Waals surface area contributed by atoms with Crippen LogP contribution in [0.2, 0.25) is 0 Å². The van der Waals surface area contributed by atoms with Gasteiger partial charge in [-0.1, -0.05) is 0 Å². The van der Waals surface area contributed by atoms with Crippen LogP contribution >= 0.6 is 11.3 Å². The molecule has 2 unspecified atom stereocenters. The highest BCUT2D eigenvalue weighted by Gasteiger charge is 2.24. The molecule has 3 N–H and O–H groups in total. The highest BCUT2D eigenvalue weighted by molar-refractivity contribution is 7.07. The summed E-state index contributed by atoms with van der Waals surface area (Å²) in [4.78, 5) is 4.86. The highest BCUT2D eigenvalue weighted by atomic mass is 32.1. The molecule has 1 aliphatic heterocycles. The van der Waals surface area contributed by atoms with Crippen LogP contribution in [0, 0.1) is 0 Å². The monoisotopic (exact) mass is 268 g/mol. The second-order valence-electron chi connectivity index (χ2n) is 5.33. The molecular weight excluding hydrogens is 244 g/mol. The topological polar surface area (TPSA) is 44.5 Å². The first kappa shape index (κ1) is 14.0. The molecule has 0 aromatic carbocycles. The first-order valence-corrected chi connectivity index (χ1v) is 7.49. The van der Waals surface area contributed by atoms with E-state index in [1.54, 1.807) is 11.3 Å². The van der Waals surface area contributed by atoms with Gasteiger partial charge in [0.2, 0.25) is 0 Å². The van der Waals surface area contributed by atoms with Crippen molar-refractivity contribution in [3.05, 3.63) is 22.4 Å². The molecule has 1 aromatic heterocycles. The fourth-order valence-electron chi connectivity index (χ4n) is 2.59. The van der Waals surface area contributed by atoms with Gasteiger partial charge in [-0.25, -0.2) is 0 Å². The zero-order valence-electron chi connectivity index (χ0n) is 11.3. The van der Waals surface area contributed by atoms with Crippen LogP contribution in [0.25, 0.3) is 0 Å². The van der Waals surface area contributed by atoms with E-state index in [9.17, 15) is 0 Å². The van der Waals surface area contributed by atoms with Crippen molar-refractivity contribution in [1.82, 2.24) is 15.2 Å². The third kappa shape index (κ3) is 3.76. The average Bonchev–Trinajstić information content (AvgIpc) is 2.85. The van der Waals surface area contributed by atoms with Crippen LogP contribution in [0.15, 0.2) is 16.8 Å². The molecule has 1 fully saturated rings. The molecule has 0 spiro atoms. The fraction of sp³-hybridized carbons (Fsp3) is 0.692. The van der Waals surface area contributed by atoms with Gasteiger partial charge in [-0.3, -0.25) is 11.3 Å². The summed E-state index contributed by atoms with van der Waals surface area (Å²) in [5.74, 6) is 5.71. The summed E-state index contributed by atoms with van der Waals surface area (Å²) < 4.78 is 0. The molecule has 2 heterocycles. The van der Waals surface area contributed by atoms with Crippen molar-refractivity contribution in [2.24, 2.45) is 5.84 Å². The van der Waals surface area contributed by atoms with E-state index in [2.05, 4.69) is 46.1 Å². The minimum absolute atomic E-state index is 0.360. The number of rotatable bonds is 5. The van der Waals surface area contributed by atoms with Crippen molar-refractivity contribution >= 4 is 11.3 Å². The lowest BCUT2D eigenvalue weighted by Gasteiger charge is -2.39. The number of hydrogen-bond acceptors (Lipinski definition) is 5. The summed E-state index contributed by atoms with van der Waals surface area (Å²) in [5.41, 5.74) is 4.37. The Morgan fingerprint density at radius 1 is 1.50 bits per heavy atom. The minimum atomic E-state index is 0.360. The molecule has 4 nitrogen and oxygen atoms in total. The van der Waals surface area contributed by atoms with Gasteiger partial charge in [-0.15, -0.1) is 0 Å². The Morgan fingerprint density at radius 3 is 3.00 bits per heavy atom. The maximum Gasteiger partial charge on any atom is 0.0266 e. The number of piperazine rings is 1. The lowest BCUT2D eigenvalue weighted by Crippen LogP contribution is -2.53. The van der Waals surface area contributed by atoms with E-state index in [0.29, 0.717) is 12.1 Å². The Morgan fingerprint density at radius 2 is 2.33 bits per heavy atom. The highest BCUT2D eigenvalue weighted by Crippen LogP contribution is 2.15. The number of nitrogens with one attached hydrogen (secondary N) is 1. The number of likely N-dealkylation sites (N-methyl/N-ethyl adjacent to an activating group) is 2. The predicted molar refractivity (Wildman–Crippen MR) is 77.7 cm³/mol. The average molecular weight is 268 g/mol. The molecule has 0 saturated carbocycles. The van der Waals surface area contributed by atoms with E-state index in [1.165, 1.54) is 5.56 Å². The Balaban J connectivity index is 1.88. The van der Waals surface area contributed by atoms with Crippen molar-refractivity contribution < 1.29 is 0 Å². The second kappa shape index (κ2) is 6.63. The number of nitrogens with zero attached hydrogens (tertiary/aromatic N) is 2. The second-order valence-corrected chi connectivity index (χ2v) is 6.11. The number of thiophene rings is 1. The molecule has 1 aliphatic rings. The molecule has 5 heteroatoms. The molecule has 102 valence electrons. The molecule has 0 amide bonds. The van der Waals surface area contributed by atoms with Gasteiger partial charge in [0.05, 0.1) is 0 Å². The Kier molecular flexibility index (Phi) is 5.14. The molecular formula is C13H24N4S. The largest absolute Gasteiger partial charge is 0.304 e. The summed E-state index contributed by atoms with van der Waals surface area (Å²) in [5, 5.41) is 4.34. The van der Waals surface area contributed by atoms with Crippen LogP contribution in [-0.4, -0.2) is 55.6 Å². The quantitative estimate of drug-likeness (QED) is 0.611. The van der Waals surface area contributed by atoms with Crippen LogP contribution in [0.1, 0.15) is 12.0 Å². The Bertz CT molecular complexity index is 341. The van der Waals surface area contributed by atoms with Crippen LogP contribution in [0.4, 0.5) is 0 Å². The zero-order valence-corrected chi connectivity index (χ0v) is 12.1. The van der Waals surface area contributed by atoms with Gasteiger partial charge in [0.15, 0.2) is 0 Å². The molecule has 0 aliphatic carbocycles. The SMILES string of the molecule is CN1CCN(C)C(CC(Cc2ccsc2)NN)C1. The molecule has 1 aromatic rings. The lowest BCUT2D eigenvalue weighted by molar-refractivity contribution is 0.101. The summed E-state index contributed by atoms with van der Waals surface area (Å²) in [6.07, 6.45) is 2.13. The summed E-state index contributed by atoms with van der Waals surface area (Å²) in [6, 6.07) is 3.15. The van der Waals surface area contributed by atoms with Crippen molar-refractivity contribution in [2.75, 3.05) is 33.7 Å². The minimum Gasteiger partial charge on any atom is -0.304 e. The van der Waals surface area contributed by atoms with E-state index in [4.69, 9.17) is 5.84 Å². The van der Waals surface area contributed by atoms with Crippen molar-refractivity contribution in [1.29, 1.82) is 0 Å². The molecule has 0 radical (unpaired) electrons. The van der Waals surface area contributed by atoms with Crippen molar-refractivity contribution in [2.45, 2.75) is 24.9 Å². The molecule has 18 heavy (non-hydrogen) atoms. The Hall–Kier alpha value is -0.460. The van der Waals surface area contributed by atoms with Gasteiger partial charge in [0, 0.05) is 31.7 Å². The normalized spacial score (nSPS) is 24.3. The van der Waals surface area contributed by atoms with Gasteiger partial charge in [-0.2, -0.15) is 11.3 Å². The number of hydrazine groups is 1. The van der Waals surface area contributed by atoms with Crippen molar-refractivity contribution in [3.63, 3.8) is 0 Å². The summed E-state index contributed by atoms with van der Waals surface area (Å²) in [7, 11) is 4.42. The van der Waals surface area contributed by atoms with E-state index in [1.807, 2.05) is 0 Å². The van der Waals surface area contributed by atoms with Gasteiger partial charge in [0.25, 0.3) is 0 Å². The number of hydrogen-bond donors (Lipinski definition) is 2.